The van der Waals surface area contributed by atoms with Gasteiger partial charge in [-0.1, -0.05) is 26.0 Å². The van der Waals surface area contributed by atoms with Crippen LogP contribution in [0.1, 0.15) is 33.6 Å². The number of piperidine rings is 1. The highest BCUT2D eigenvalue weighted by molar-refractivity contribution is 6.10. The summed E-state index contributed by atoms with van der Waals surface area (Å²) in [6.07, 6.45) is 1.09. The van der Waals surface area contributed by atoms with Crippen molar-refractivity contribution in [1.29, 1.82) is 0 Å². The van der Waals surface area contributed by atoms with Gasteiger partial charge in [-0.2, -0.15) is 0 Å². The molecule has 2 aliphatic rings. The third-order valence-electron chi connectivity index (χ3n) is 5.65. The van der Waals surface area contributed by atoms with Crippen LogP contribution in [0.3, 0.4) is 0 Å². The molecule has 0 radical (unpaired) electrons. The highest BCUT2D eigenvalue weighted by Crippen LogP contribution is 2.29. The van der Waals surface area contributed by atoms with Gasteiger partial charge in [0.15, 0.2) is 0 Å². The van der Waals surface area contributed by atoms with Crippen LogP contribution in [0.2, 0.25) is 0 Å². The number of amides is 4. The lowest BCUT2D eigenvalue weighted by atomic mass is 9.95. The van der Waals surface area contributed by atoms with Crippen molar-refractivity contribution < 1.29 is 23.9 Å². The molecule has 2 aliphatic heterocycles. The minimum atomic E-state index is -0.733. The molecule has 0 aromatic heterocycles. The Kier molecular flexibility index (Phi) is 7.14. The van der Waals surface area contributed by atoms with Crippen LogP contribution in [0.5, 0.6) is 0 Å². The number of rotatable bonds is 5. The molecule has 9 heteroatoms. The van der Waals surface area contributed by atoms with E-state index in [4.69, 9.17) is 4.74 Å². The average molecular weight is 431 g/mol. The van der Waals surface area contributed by atoms with Gasteiger partial charge in [0.1, 0.15) is 12.6 Å². The summed E-state index contributed by atoms with van der Waals surface area (Å²) in [4.78, 5) is 53.2. The molecule has 0 aliphatic carbocycles. The molecule has 0 unspecified atom stereocenters. The number of urea groups is 1. The predicted octanol–water partition coefficient (Wildman–Crippen LogP) is 1.98. The Hall–Kier alpha value is -3.10. The van der Waals surface area contributed by atoms with Gasteiger partial charge >= 0.3 is 12.0 Å². The Labute approximate surface area is 182 Å². The average Bonchev–Trinajstić information content (AvgIpc) is 2.76. The molecule has 9 nitrogen and oxygen atoms in total. The minimum Gasteiger partial charge on any atom is -0.466 e. The maximum atomic E-state index is 13.2. The molecule has 168 valence electrons. The fourth-order valence-corrected chi connectivity index (χ4v) is 3.93. The zero-order valence-electron chi connectivity index (χ0n) is 18.2. The molecule has 1 aromatic rings. The van der Waals surface area contributed by atoms with E-state index in [1.807, 2.05) is 13.8 Å². The molecule has 31 heavy (non-hydrogen) atoms. The van der Waals surface area contributed by atoms with Crippen molar-refractivity contribution in [3.05, 3.63) is 24.3 Å². The number of ether oxygens (including phenoxy) is 1. The number of nitrogens with one attached hydrogen (secondary N) is 2. The lowest BCUT2D eigenvalue weighted by molar-refractivity contribution is -0.151. The van der Waals surface area contributed by atoms with Gasteiger partial charge in [-0.05, 0) is 37.8 Å². The second-order valence-corrected chi connectivity index (χ2v) is 8.17. The Morgan fingerprint density at radius 1 is 1.19 bits per heavy atom. The number of hydrogen-bond acceptors (Lipinski definition) is 5. The number of para-hydroxylation sites is 2. The van der Waals surface area contributed by atoms with E-state index in [0.717, 1.165) is 0 Å². The molecule has 4 amide bonds. The van der Waals surface area contributed by atoms with Gasteiger partial charge in [-0.15, -0.1) is 0 Å². The first-order valence-corrected chi connectivity index (χ1v) is 10.7. The first-order chi connectivity index (χ1) is 14.8. The molecular formula is C22H30N4O5. The molecule has 0 spiro atoms. The molecule has 1 atom stereocenters. The lowest BCUT2D eigenvalue weighted by Crippen LogP contribution is -2.57. The third kappa shape index (κ3) is 5.15. The standard InChI is InChI=1S/C22H30N4O5/c1-4-31-21(29)15-9-11-25(12-10-15)20(28)19(14(2)3)24-22(30)26-13-18(27)23-16-7-5-6-8-17(16)26/h5-8,14-15,19H,4,9-13H2,1-3H3,(H,23,27)(H,24,30)/t19-/m0/s1. The van der Waals surface area contributed by atoms with Crippen molar-refractivity contribution in [2.45, 2.75) is 39.7 Å². The number of likely N-dealkylation sites (tertiary alicyclic amines) is 1. The van der Waals surface area contributed by atoms with Crippen molar-refractivity contribution in [2.24, 2.45) is 11.8 Å². The summed E-state index contributed by atoms with van der Waals surface area (Å²) in [5, 5.41) is 5.57. The number of nitrogens with zero attached hydrogens (tertiary/aromatic N) is 2. The number of fused-ring (bicyclic) bond motifs is 1. The normalized spacial score (nSPS) is 17.6. The summed E-state index contributed by atoms with van der Waals surface area (Å²) in [5.74, 6) is -1.03. The number of hydrogen-bond donors (Lipinski definition) is 2. The summed E-state index contributed by atoms with van der Waals surface area (Å²) in [7, 11) is 0. The van der Waals surface area contributed by atoms with Crippen LogP contribution in [-0.4, -0.2) is 61.0 Å². The summed E-state index contributed by atoms with van der Waals surface area (Å²) >= 11 is 0. The lowest BCUT2D eigenvalue weighted by Gasteiger charge is -2.36. The van der Waals surface area contributed by atoms with Gasteiger partial charge in [0.2, 0.25) is 11.8 Å². The Morgan fingerprint density at radius 3 is 2.52 bits per heavy atom. The molecule has 1 fully saturated rings. The van der Waals surface area contributed by atoms with Crippen LogP contribution >= 0.6 is 0 Å². The maximum absolute atomic E-state index is 13.2. The molecular weight excluding hydrogens is 400 g/mol. The largest absolute Gasteiger partial charge is 0.466 e. The van der Waals surface area contributed by atoms with Gasteiger partial charge < -0.3 is 20.3 Å². The van der Waals surface area contributed by atoms with Crippen LogP contribution in [0.15, 0.2) is 24.3 Å². The molecule has 1 saturated heterocycles. The monoisotopic (exact) mass is 430 g/mol. The van der Waals surface area contributed by atoms with E-state index in [1.165, 1.54) is 4.90 Å². The fraction of sp³-hybridized carbons (Fsp3) is 0.545. The van der Waals surface area contributed by atoms with E-state index in [9.17, 15) is 19.2 Å². The van der Waals surface area contributed by atoms with E-state index >= 15 is 0 Å². The van der Waals surface area contributed by atoms with Gasteiger partial charge in [-0.25, -0.2) is 4.79 Å². The van der Waals surface area contributed by atoms with Crippen LogP contribution in [0.25, 0.3) is 0 Å². The molecule has 1 aromatic carbocycles. The van der Waals surface area contributed by atoms with Gasteiger partial charge in [-0.3, -0.25) is 19.3 Å². The summed E-state index contributed by atoms with van der Waals surface area (Å²) in [6.45, 7) is 6.61. The first-order valence-electron chi connectivity index (χ1n) is 10.7. The van der Waals surface area contributed by atoms with Gasteiger partial charge in [0.25, 0.3) is 0 Å². The maximum Gasteiger partial charge on any atom is 0.323 e. The third-order valence-corrected chi connectivity index (χ3v) is 5.65. The minimum absolute atomic E-state index is 0.118. The summed E-state index contributed by atoms with van der Waals surface area (Å²) in [6, 6.07) is 5.82. The van der Waals surface area contributed by atoms with E-state index < -0.39 is 12.1 Å². The summed E-state index contributed by atoms with van der Waals surface area (Å²) < 4.78 is 5.08. The van der Waals surface area contributed by atoms with E-state index in [0.29, 0.717) is 43.9 Å². The van der Waals surface area contributed by atoms with Crippen LogP contribution in [0, 0.1) is 11.8 Å². The number of anilines is 2. The number of carbonyl (C=O) groups excluding carboxylic acids is 4. The molecule has 0 bridgehead atoms. The first kappa shape index (κ1) is 22.6. The van der Waals surface area contributed by atoms with E-state index in [2.05, 4.69) is 10.6 Å². The number of esters is 1. The Bertz CT molecular complexity index is 848. The van der Waals surface area contributed by atoms with Crippen LogP contribution in [-0.2, 0) is 19.1 Å². The number of benzene rings is 1. The van der Waals surface area contributed by atoms with E-state index in [-0.39, 0.29) is 36.2 Å². The van der Waals surface area contributed by atoms with Crippen molar-refractivity contribution in [3.8, 4) is 0 Å². The second kappa shape index (κ2) is 9.80. The van der Waals surface area contributed by atoms with Gasteiger partial charge in [0.05, 0.1) is 23.9 Å². The van der Waals surface area contributed by atoms with Gasteiger partial charge in [0, 0.05) is 13.1 Å². The van der Waals surface area contributed by atoms with Crippen molar-refractivity contribution in [1.82, 2.24) is 10.2 Å². The fourth-order valence-electron chi connectivity index (χ4n) is 3.93. The molecule has 0 saturated carbocycles. The van der Waals surface area contributed by atoms with Crippen LogP contribution < -0.4 is 15.5 Å². The molecule has 2 heterocycles. The zero-order chi connectivity index (χ0) is 22.5. The predicted molar refractivity (Wildman–Crippen MR) is 116 cm³/mol. The quantitative estimate of drug-likeness (QED) is 0.695. The highest BCUT2D eigenvalue weighted by atomic mass is 16.5. The van der Waals surface area contributed by atoms with Crippen molar-refractivity contribution >= 4 is 35.2 Å². The topological polar surface area (TPSA) is 108 Å². The van der Waals surface area contributed by atoms with Crippen molar-refractivity contribution in [2.75, 3.05) is 36.5 Å². The highest BCUT2D eigenvalue weighted by Gasteiger charge is 2.35. The number of carbonyl (C=O) groups is 4. The Morgan fingerprint density at radius 2 is 1.87 bits per heavy atom. The summed E-state index contributed by atoms with van der Waals surface area (Å²) in [5.41, 5.74) is 1.15. The zero-order valence-corrected chi connectivity index (χ0v) is 18.2. The Balaban J connectivity index is 1.66. The van der Waals surface area contributed by atoms with Crippen molar-refractivity contribution in [3.63, 3.8) is 0 Å². The molecule has 2 N–H and O–H groups in total. The van der Waals surface area contributed by atoms with Crippen LogP contribution in [0.4, 0.5) is 16.2 Å². The molecule has 3 rings (SSSR count). The van der Waals surface area contributed by atoms with E-state index in [1.54, 1.807) is 36.1 Å². The SMILES string of the molecule is CCOC(=O)C1CCN(C(=O)[C@@H](NC(=O)N2CC(=O)Nc3ccccc32)C(C)C)CC1. The second-order valence-electron chi connectivity index (χ2n) is 8.17. The smallest absolute Gasteiger partial charge is 0.323 e.